The molecule has 4 fully saturated rings. The van der Waals surface area contributed by atoms with Gasteiger partial charge in [0.05, 0.1) is 56.6 Å². The molecule has 100 heavy (non-hydrogen) atoms. The standard InChI is InChI=1S/C27H32N2.C25H28N2.C20H18N2.C18H14FN3/c1-26(2,3)19-11-9-16(10-12-19)25-24-18-8-7-17(13-18)23(24)20-14-22(27(4,5)6)28-15-21(20)29-25;1-14-6-7-18(12-15(14)2)23-21-16-8-9-17(13-16)22(21)24-19(26-23)10-11-20(27-24)25(3,4)5;1-12-6-7-15(11-21-12)20-19-14-9-8-13(10-14)18(19)16-4-2-3-5-17(16)22-20;19-18-20-8-12(9-21-18)17-16-11-6-5-10(7-11)15(16)13-3-1-2-4-14(13)22-17/h9-12,14-15,17-18H,7-8,13H2,1-6H3;6-7,10-12,16-17H,8-9,13H2,1-5H3;2-7,11,13-14H,8-10H2,1H3;1-4,8-11H,5-7H2. The fraction of sp³-hybridized carbons (Fsp3) is 0.389. The van der Waals surface area contributed by atoms with Crippen molar-refractivity contribution in [3.8, 4) is 45.0 Å². The van der Waals surface area contributed by atoms with Crippen LogP contribution in [-0.4, -0.2) is 44.9 Å². The highest BCUT2D eigenvalue weighted by atomic mass is 19.1. The van der Waals surface area contributed by atoms with Gasteiger partial charge in [-0.15, -0.1) is 0 Å². The third-order valence-corrected chi connectivity index (χ3v) is 24.2. The van der Waals surface area contributed by atoms with Crippen molar-refractivity contribution in [3.05, 3.63) is 230 Å². The molecule has 504 valence electrons. The molecule has 4 saturated carbocycles. The van der Waals surface area contributed by atoms with Gasteiger partial charge in [-0.1, -0.05) is 135 Å². The second kappa shape index (κ2) is 24.4. The molecule has 8 atom stereocenters. The van der Waals surface area contributed by atoms with E-state index in [0.29, 0.717) is 41.4 Å². The van der Waals surface area contributed by atoms with E-state index in [4.69, 9.17) is 29.9 Å². The van der Waals surface area contributed by atoms with Gasteiger partial charge in [0, 0.05) is 84.9 Å². The third-order valence-electron chi connectivity index (χ3n) is 24.2. The van der Waals surface area contributed by atoms with Crippen LogP contribution >= 0.6 is 0 Å². The summed E-state index contributed by atoms with van der Waals surface area (Å²) in [6.45, 7) is 26.7. The number of hydrogen-bond donors (Lipinski definition) is 0. The first-order valence-corrected chi connectivity index (χ1v) is 37.2. The van der Waals surface area contributed by atoms with E-state index in [1.807, 2.05) is 25.4 Å². The number of halogens is 1. The highest BCUT2D eigenvalue weighted by Crippen LogP contribution is 2.61. The molecule has 0 spiro atoms. The molecule has 0 amide bonds. The highest BCUT2D eigenvalue weighted by molar-refractivity contribution is 5.93. The van der Waals surface area contributed by atoms with Gasteiger partial charge in [-0.2, -0.15) is 4.39 Å². The molecule has 4 aromatic carbocycles. The summed E-state index contributed by atoms with van der Waals surface area (Å²) < 4.78 is 13.0. The number of aryl methyl sites for hydroxylation is 3. The Labute approximate surface area is 588 Å². The van der Waals surface area contributed by atoms with Gasteiger partial charge in [-0.25, -0.2) is 29.9 Å². The van der Waals surface area contributed by atoms with Crippen molar-refractivity contribution in [2.45, 2.75) is 224 Å². The summed E-state index contributed by atoms with van der Waals surface area (Å²) in [6, 6.07) is 43.8. The lowest BCUT2D eigenvalue weighted by atomic mass is 9.83. The van der Waals surface area contributed by atoms with E-state index < -0.39 is 6.08 Å². The van der Waals surface area contributed by atoms with Crippen molar-refractivity contribution in [3.63, 3.8) is 0 Å². The Balaban J connectivity index is 0.000000100. The van der Waals surface area contributed by atoms with Gasteiger partial charge in [-0.05, 0) is 260 Å². The van der Waals surface area contributed by atoms with Crippen LogP contribution in [0.1, 0.15) is 265 Å². The largest absolute Gasteiger partial charge is 0.308 e. The minimum Gasteiger partial charge on any atom is -0.261 e. The fourth-order valence-corrected chi connectivity index (χ4v) is 19.1. The van der Waals surface area contributed by atoms with Gasteiger partial charge in [0.15, 0.2) is 0 Å². The highest BCUT2D eigenvalue weighted by Gasteiger charge is 2.45. The zero-order valence-electron chi connectivity index (χ0n) is 60.4. The maximum absolute atomic E-state index is 13.0. The maximum Gasteiger partial charge on any atom is 0.308 e. The molecule has 10 heteroatoms. The van der Waals surface area contributed by atoms with Crippen LogP contribution in [0.3, 0.4) is 0 Å². The van der Waals surface area contributed by atoms with Crippen molar-refractivity contribution in [2.24, 2.45) is 0 Å². The molecule has 8 bridgehead atoms. The lowest BCUT2D eigenvalue weighted by Gasteiger charge is -2.24. The van der Waals surface area contributed by atoms with Crippen molar-refractivity contribution in [2.75, 3.05) is 0 Å². The quantitative estimate of drug-likeness (QED) is 0.159. The van der Waals surface area contributed by atoms with Crippen LogP contribution in [0.15, 0.2) is 146 Å². The molecule has 0 saturated heterocycles. The van der Waals surface area contributed by atoms with Crippen LogP contribution in [-0.2, 0) is 16.2 Å². The summed E-state index contributed by atoms with van der Waals surface area (Å²) in [7, 11) is 0. The van der Waals surface area contributed by atoms with E-state index in [0.717, 1.165) is 50.5 Å². The first-order valence-electron chi connectivity index (χ1n) is 37.2. The van der Waals surface area contributed by atoms with Gasteiger partial charge >= 0.3 is 6.08 Å². The summed E-state index contributed by atoms with van der Waals surface area (Å²) in [5, 5.41) is 3.99. The maximum atomic E-state index is 13.0. The molecule has 0 radical (unpaired) electrons. The molecule has 8 unspecified atom stereocenters. The first kappa shape index (κ1) is 64.4. The van der Waals surface area contributed by atoms with Crippen LogP contribution < -0.4 is 0 Å². The second-order valence-electron chi connectivity index (χ2n) is 33.7. The Morgan fingerprint density at radius 1 is 0.320 bits per heavy atom. The molecular weight excluding hydrogens is 1230 g/mol. The predicted octanol–water partition coefficient (Wildman–Crippen LogP) is 23.0. The van der Waals surface area contributed by atoms with Crippen molar-refractivity contribution >= 4 is 43.7 Å². The van der Waals surface area contributed by atoms with Crippen LogP contribution in [0, 0.1) is 26.8 Å². The molecular formula is C90H92FN9. The molecule has 8 aromatic heterocycles. The average molecular weight is 1320 g/mol. The number of para-hydroxylation sites is 2. The van der Waals surface area contributed by atoms with Crippen molar-refractivity contribution < 1.29 is 4.39 Å². The van der Waals surface area contributed by atoms with E-state index in [9.17, 15) is 4.39 Å². The molecule has 20 rings (SSSR count). The number of fused-ring (bicyclic) bond motifs is 28. The van der Waals surface area contributed by atoms with Gasteiger partial charge in [0.25, 0.3) is 0 Å². The number of pyridine rings is 7. The lowest BCUT2D eigenvalue weighted by molar-refractivity contribution is 0.539. The van der Waals surface area contributed by atoms with Crippen molar-refractivity contribution in [1.29, 1.82) is 0 Å². The van der Waals surface area contributed by atoms with Crippen molar-refractivity contribution in [1.82, 2.24) is 44.9 Å². The predicted molar refractivity (Wildman–Crippen MR) is 405 cm³/mol. The Kier molecular flexibility index (Phi) is 15.7. The topological polar surface area (TPSA) is 116 Å². The SMILES string of the molecule is CC(C)(C)c1ccc(-c2nc3cnc(C(C)(C)C)cc3c3c2C2CCC3C2)cc1.Cc1ccc(-c2nc3ccc(C(C)(C)C)nc3c3c2C2CCC3C2)cc1C.Cc1ccc(-c2nc3ccccc3c3c2C2CCC3C2)cn1.Fc1ncc(-c2nc3ccccc3c3c2C2CCC3C2)cn1. The van der Waals surface area contributed by atoms with E-state index in [1.165, 1.54) is 188 Å². The van der Waals surface area contributed by atoms with E-state index >= 15 is 0 Å². The van der Waals surface area contributed by atoms with Crippen LogP contribution in [0.5, 0.6) is 0 Å². The van der Waals surface area contributed by atoms with E-state index in [2.05, 4.69) is 206 Å². The molecule has 8 heterocycles. The molecule has 9 nitrogen and oxygen atoms in total. The van der Waals surface area contributed by atoms with E-state index in [-0.39, 0.29) is 16.2 Å². The number of aromatic nitrogens is 9. The van der Waals surface area contributed by atoms with Gasteiger partial charge in [-0.3, -0.25) is 15.0 Å². The van der Waals surface area contributed by atoms with Crippen LogP contribution in [0.4, 0.5) is 4.39 Å². The molecule has 0 aliphatic heterocycles. The van der Waals surface area contributed by atoms with Crippen LogP contribution in [0.2, 0.25) is 0 Å². The van der Waals surface area contributed by atoms with Gasteiger partial charge in [0.1, 0.15) is 0 Å². The summed E-state index contributed by atoms with van der Waals surface area (Å²) in [4.78, 5) is 42.1. The molecule has 8 aliphatic rings. The first-order chi connectivity index (χ1) is 48.1. The number of hydrogen-bond acceptors (Lipinski definition) is 9. The van der Waals surface area contributed by atoms with E-state index in [1.54, 1.807) is 23.5 Å². The normalized spacial score (nSPS) is 21.6. The molecule has 12 aromatic rings. The Morgan fingerprint density at radius 3 is 1.28 bits per heavy atom. The Morgan fingerprint density at radius 2 is 0.760 bits per heavy atom. The van der Waals surface area contributed by atoms with Crippen LogP contribution in [0.25, 0.3) is 88.8 Å². The molecule has 0 N–H and O–H groups in total. The average Bonchev–Trinajstić information content (AvgIpc) is 1.56. The summed E-state index contributed by atoms with van der Waals surface area (Å²) >= 11 is 0. The van der Waals surface area contributed by atoms with Gasteiger partial charge < -0.3 is 0 Å². The summed E-state index contributed by atoms with van der Waals surface area (Å²) in [6.07, 6.45) is 21.9. The second-order valence-corrected chi connectivity index (χ2v) is 33.7. The Hall–Kier alpha value is -9.02. The third kappa shape index (κ3) is 11.2. The number of nitrogens with zero attached hydrogens (tertiary/aromatic N) is 9. The number of rotatable bonds is 4. The summed E-state index contributed by atoms with van der Waals surface area (Å²) in [5.74, 6) is 5.38. The molecule has 8 aliphatic carbocycles. The minimum atomic E-state index is -0.692. The fourth-order valence-electron chi connectivity index (χ4n) is 19.1. The zero-order valence-corrected chi connectivity index (χ0v) is 60.4. The minimum absolute atomic E-state index is 0.0557. The smallest absolute Gasteiger partial charge is 0.261 e. The lowest BCUT2D eigenvalue weighted by Crippen LogP contribution is -2.14. The Bertz CT molecular complexity index is 5100. The van der Waals surface area contributed by atoms with Gasteiger partial charge in [0.2, 0.25) is 0 Å². The monoisotopic (exact) mass is 1320 g/mol. The number of benzene rings is 4. The summed E-state index contributed by atoms with van der Waals surface area (Å²) in [5.41, 5.74) is 34.2. The zero-order chi connectivity index (χ0) is 68.8.